The number of methoxy groups -OCH3 is 1. The van der Waals surface area contributed by atoms with Gasteiger partial charge in [-0.3, -0.25) is 4.79 Å². The topological polar surface area (TPSA) is 49.9 Å². The van der Waals surface area contributed by atoms with Crippen LogP contribution in [0.5, 0.6) is 0 Å². The van der Waals surface area contributed by atoms with Crippen LogP contribution in [0.4, 0.5) is 4.79 Å². The van der Waals surface area contributed by atoms with Crippen molar-refractivity contribution in [3.05, 3.63) is 82.8 Å². The summed E-state index contributed by atoms with van der Waals surface area (Å²) in [6.45, 7) is 1.23. The van der Waals surface area contributed by atoms with Gasteiger partial charge in [0.1, 0.15) is 0 Å². The summed E-state index contributed by atoms with van der Waals surface area (Å²) < 4.78 is 4.74. The molecule has 0 saturated carbocycles. The summed E-state index contributed by atoms with van der Waals surface area (Å²) >= 11 is 1.84. The quantitative estimate of drug-likeness (QED) is 0.338. The Morgan fingerprint density at radius 3 is 2.26 bits per heavy atom. The lowest BCUT2D eigenvalue weighted by Crippen LogP contribution is -2.35. The Morgan fingerprint density at radius 2 is 1.65 bits per heavy atom. The summed E-state index contributed by atoms with van der Waals surface area (Å²) in [7, 11) is 1.42. The molecule has 2 aromatic rings. The van der Waals surface area contributed by atoms with Crippen molar-refractivity contribution in [2.24, 2.45) is 0 Å². The van der Waals surface area contributed by atoms with Gasteiger partial charge in [0.15, 0.2) is 0 Å². The molecule has 4 rings (SSSR count). The molecule has 0 aromatic heterocycles. The zero-order valence-electron chi connectivity index (χ0n) is 17.8. The van der Waals surface area contributed by atoms with E-state index in [0.29, 0.717) is 19.5 Å². The molecule has 2 unspecified atom stereocenters. The van der Waals surface area contributed by atoms with Gasteiger partial charge in [0, 0.05) is 30.2 Å². The second-order valence-corrected chi connectivity index (χ2v) is 9.00. The molecule has 2 atom stereocenters. The fourth-order valence-electron chi connectivity index (χ4n) is 4.28. The highest BCUT2D eigenvalue weighted by atomic mass is 32.2. The first-order chi connectivity index (χ1) is 15.2. The number of carbonyl (C=O) groups is 2. The predicted octanol–water partition coefficient (Wildman–Crippen LogP) is 4.84. The van der Waals surface area contributed by atoms with Gasteiger partial charge >= 0.3 is 12.0 Å². The number of amides is 2. The van der Waals surface area contributed by atoms with Crippen molar-refractivity contribution in [1.82, 2.24) is 9.80 Å². The van der Waals surface area contributed by atoms with Crippen molar-refractivity contribution in [2.45, 2.75) is 44.4 Å². The van der Waals surface area contributed by atoms with Crippen LogP contribution in [0.3, 0.4) is 0 Å². The van der Waals surface area contributed by atoms with E-state index in [1.54, 1.807) is 0 Å². The van der Waals surface area contributed by atoms with Gasteiger partial charge in [-0.2, -0.15) is 0 Å². The number of fused-ring (bicyclic) bond motifs is 1. The molecule has 2 fully saturated rings. The number of carbonyl (C=O) groups excluding carboxylic acids is 2. The number of thioether (sulfide) groups is 1. The third-order valence-electron chi connectivity index (χ3n) is 5.85. The minimum Gasteiger partial charge on any atom is -0.469 e. The molecule has 2 aliphatic heterocycles. The molecule has 6 heteroatoms. The lowest BCUT2D eigenvalue weighted by molar-refractivity contribution is -0.140. The number of ether oxygens (including phenoxy) is 1. The molecule has 2 aliphatic rings. The molecule has 2 saturated heterocycles. The Labute approximate surface area is 188 Å². The number of unbranched alkanes of at least 4 members (excludes halogenated alkanes) is 1. The van der Waals surface area contributed by atoms with Gasteiger partial charge in [0.25, 0.3) is 0 Å². The number of rotatable bonds is 8. The smallest absolute Gasteiger partial charge is 0.321 e. The Morgan fingerprint density at radius 1 is 1.03 bits per heavy atom. The number of hydrogen-bond acceptors (Lipinski definition) is 4. The summed E-state index contributed by atoms with van der Waals surface area (Å²) in [6, 6.07) is 20.7. The average molecular weight is 437 g/mol. The lowest BCUT2D eigenvalue weighted by Gasteiger charge is -2.23. The normalized spacial score (nSPS) is 21.6. The molecule has 2 aromatic carbocycles. The van der Waals surface area contributed by atoms with Crippen molar-refractivity contribution < 1.29 is 14.3 Å². The minimum absolute atomic E-state index is 0.0690. The molecule has 0 bridgehead atoms. The molecule has 0 aliphatic carbocycles. The molecule has 2 amide bonds. The van der Waals surface area contributed by atoms with Crippen LogP contribution in [0.2, 0.25) is 0 Å². The SMILES string of the molecule is COC(=O)CCC/C=C1\SCC2C1N(Cc1ccccc1)C(=O)N2Cc1ccccc1. The summed E-state index contributed by atoms with van der Waals surface area (Å²) in [5.74, 6) is 0.725. The maximum atomic E-state index is 13.5. The highest BCUT2D eigenvalue weighted by Gasteiger charge is 2.50. The molecular formula is C25H28N2O3S. The van der Waals surface area contributed by atoms with E-state index in [4.69, 9.17) is 4.74 Å². The van der Waals surface area contributed by atoms with Crippen molar-refractivity contribution in [1.29, 1.82) is 0 Å². The standard InChI is InChI=1S/C25H28N2O3S/c1-30-23(28)15-9-8-14-22-24-21(18-31-22)26(16-19-10-4-2-5-11-19)25(29)27(24)17-20-12-6-3-7-13-20/h2-7,10-14,21,24H,8-9,15-18H2,1H3/b22-14-. The maximum absolute atomic E-state index is 13.5. The Balaban J connectivity index is 1.54. The first-order valence-corrected chi connectivity index (χ1v) is 11.7. The highest BCUT2D eigenvalue weighted by Crippen LogP contribution is 2.43. The number of benzene rings is 2. The molecule has 5 nitrogen and oxygen atoms in total. The van der Waals surface area contributed by atoms with Crippen LogP contribution in [0.25, 0.3) is 0 Å². The monoisotopic (exact) mass is 436 g/mol. The van der Waals surface area contributed by atoms with Crippen molar-refractivity contribution in [3.8, 4) is 0 Å². The van der Waals surface area contributed by atoms with Gasteiger partial charge in [0.2, 0.25) is 0 Å². The molecule has 162 valence electrons. The Hall–Kier alpha value is -2.73. The van der Waals surface area contributed by atoms with E-state index in [1.807, 2.05) is 58.0 Å². The van der Waals surface area contributed by atoms with Gasteiger partial charge in [-0.25, -0.2) is 4.79 Å². The van der Waals surface area contributed by atoms with E-state index in [0.717, 1.165) is 29.7 Å². The summed E-state index contributed by atoms with van der Waals surface area (Å²) in [5.41, 5.74) is 2.29. The number of allylic oxidation sites excluding steroid dienone is 1. The predicted molar refractivity (Wildman–Crippen MR) is 123 cm³/mol. The Bertz CT molecular complexity index is 932. The van der Waals surface area contributed by atoms with Crippen LogP contribution < -0.4 is 0 Å². The van der Waals surface area contributed by atoms with Crippen molar-refractivity contribution in [2.75, 3.05) is 12.9 Å². The van der Waals surface area contributed by atoms with Gasteiger partial charge in [-0.15, -0.1) is 11.8 Å². The van der Waals surface area contributed by atoms with Crippen LogP contribution in [0, 0.1) is 0 Å². The lowest BCUT2D eigenvalue weighted by atomic mass is 10.1. The highest BCUT2D eigenvalue weighted by molar-refractivity contribution is 8.03. The van der Waals surface area contributed by atoms with Gasteiger partial charge in [-0.05, 0) is 24.0 Å². The van der Waals surface area contributed by atoms with E-state index in [2.05, 4.69) is 30.3 Å². The van der Waals surface area contributed by atoms with Crippen molar-refractivity contribution in [3.63, 3.8) is 0 Å². The number of hydrogen-bond donors (Lipinski definition) is 0. The summed E-state index contributed by atoms with van der Waals surface area (Å²) in [5, 5.41) is 0. The Kier molecular flexibility index (Phi) is 6.97. The molecule has 2 heterocycles. The summed E-state index contributed by atoms with van der Waals surface area (Å²) in [4.78, 5) is 30.2. The first kappa shape index (κ1) is 21.5. The van der Waals surface area contributed by atoms with Crippen LogP contribution in [0.1, 0.15) is 30.4 Å². The zero-order valence-corrected chi connectivity index (χ0v) is 18.6. The summed E-state index contributed by atoms with van der Waals surface area (Å²) in [6.07, 6.45) is 4.21. The first-order valence-electron chi connectivity index (χ1n) is 10.7. The van der Waals surface area contributed by atoms with Crippen LogP contribution in [-0.4, -0.2) is 46.7 Å². The van der Waals surface area contributed by atoms with Crippen LogP contribution in [0.15, 0.2) is 71.6 Å². The van der Waals surface area contributed by atoms with Gasteiger partial charge < -0.3 is 14.5 Å². The van der Waals surface area contributed by atoms with E-state index < -0.39 is 0 Å². The fraction of sp³-hybridized carbons (Fsp3) is 0.360. The zero-order chi connectivity index (χ0) is 21.6. The van der Waals surface area contributed by atoms with Gasteiger partial charge in [-0.1, -0.05) is 66.7 Å². The molecule has 0 N–H and O–H groups in total. The fourth-order valence-corrected chi connectivity index (χ4v) is 5.70. The van der Waals surface area contributed by atoms with Crippen molar-refractivity contribution >= 4 is 23.8 Å². The average Bonchev–Trinajstić information content (AvgIpc) is 3.32. The molecule has 0 spiro atoms. The van der Waals surface area contributed by atoms with Gasteiger partial charge in [0.05, 0.1) is 19.2 Å². The van der Waals surface area contributed by atoms with E-state index in [1.165, 1.54) is 12.0 Å². The van der Waals surface area contributed by atoms with Crippen LogP contribution >= 0.6 is 11.8 Å². The second-order valence-electron chi connectivity index (χ2n) is 7.91. The van der Waals surface area contributed by atoms with Crippen LogP contribution in [-0.2, 0) is 22.6 Å². The molecular weight excluding hydrogens is 408 g/mol. The molecule has 31 heavy (non-hydrogen) atoms. The third kappa shape index (κ3) is 4.96. The number of nitrogens with zero attached hydrogens (tertiary/aromatic N) is 2. The third-order valence-corrected chi connectivity index (χ3v) is 7.10. The minimum atomic E-state index is -0.175. The maximum Gasteiger partial charge on any atom is 0.321 e. The van der Waals surface area contributed by atoms with E-state index >= 15 is 0 Å². The molecule has 0 radical (unpaired) electrons. The van der Waals surface area contributed by atoms with E-state index in [9.17, 15) is 9.59 Å². The number of esters is 1. The largest absolute Gasteiger partial charge is 0.469 e. The second kappa shape index (κ2) is 10.1. The number of urea groups is 1. The van der Waals surface area contributed by atoms with E-state index in [-0.39, 0.29) is 24.1 Å².